The summed E-state index contributed by atoms with van der Waals surface area (Å²) in [6.07, 6.45) is 3.67. The number of aryl methyl sites for hydroxylation is 1. The van der Waals surface area contributed by atoms with E-state index >= 15 is 0 Å². The number of hydrogen-bond acceptors (Lipinski definition) is 5. The molecule has 1 aromatic heterocycles. The van der Waals surface area contributed by atoms with Crippen LogP contribution in [0.25, 0.3) is 0 Å². The van der Waals surface area contributed by atoms with E-state index < -0.39 is 21.4 Å². The molecular weight excluding hydrogens is 373 g/mol. The molecule has 0 atom stereocenters. The molecule has 0 bridgehead atoms. The van der Waals surface area contributed by atoms with Crippen molar-refractivity contribution in [2.24, 2.45) is 0 Å². The molecule has 1 aliphatic rings. The van der Waals surface area contributed by atoms with Crippen molar-refractivity contribution in [1.29, 1.82) is 0 Å². The van der Waals surface area contributed by atoms with Gasteiger partial charge in [-0.1, -0.05) is 12.1 Å². The molecule has 26 heavy (non-hydrogen) atoms. The number of rotatable bonds is 2. The van der Waals surface area contributed by atoms with E-state index in [0.29, 0.717) is 11.3 Å². The van der Waals surface area contributed by atoms with Gasteiger partial charge in [0, 0.05) is 24.4 Å². The van der Waals surface area contributed by atoms with Gasteiger partial charge in [0.15, 0.2) is 0 Å². The molecule has 1 N–H and O–H groups in total. The fraction of sp³-hybridized carbons (Fsp3) is 0.250. The van der Waals surface area contributed by atoms with E-state index in [1.54, 1.807) is 19.3 Å². The number of carbonyl (C=O) groups is 1. The van der Waals surface area contributed by atoms with Gasteiger partial charge >= 0.3 is 15.6 Å². The summed E-state index contributed by atoms with van der Waals surface area (Å²) in [6.45, 7) is 1.65. The second-order valence-corrected chi connectivity index (χ2v) is 6.83. The molecule has 10 heteroatoms. The fourth-order valence-electron chi connectivity index (χ4n) is 2.16. The summed E-state index contributed by atoms with van der Waals surface area (Å²) in [7, 11) is -5.72. The van der Waals surface area contributed by atoms with Crippen molar-refractivity contribution in [2.75, 3.05) is 5.32 Å². The minimum Gasteiger partial charge on any atom is -0.376 e. The van der Waals surface area contributed by atoms with Gasteiger partial charge in [-0.05, 0) is 37.1 Å². The van der Waals surface area contributed by atoms with E-state index in [1.165, 1.54) is 6.07 Å². The molecule has 0 fully saturated rings. The number of aromatic nitrogens is 1. The van der Waals surface area contributed by atoms with E-state index in [0.717, 1.165) is 6.07 Å². The highest BCUT2D eigenvalue weighted by Crippen LogP contribution is 2.36. The Morgan fingerprint density at radius 3 is 2.27 bits per heavy atom. The maximum atomic E-state index is 12.3. The lowest BCUT2D eigenvalue weighted by Gasteiger charge is -2.22. The molecule has 1 amide bonds. The second kappa shape index (κ2) is 7.73. The first-order chi connectivity index (χ1) is 12.1. The molecule has 0 unspecified atom stereocenters. The molecule has 1 aliphatic heterocycles. The van der Waals surface area contributed by atoms with Crippen LogP contribution in [0.15, 0.2) is 42.7 Å². The van der Waals surface area contributed by atoms with E-state index in [2.05, 4.69) is 14.5 Å². The highest BCUT2D eigenvalue weighted by atomic mass is 32.2. The molecule has 140 valence electrons. The van der Waals surface area contributed by atoms with Crippen molar-refractivity contribution in [3.63, 3.8) is 0 Å². The highest BCUT2D eigenvalue weighted by Gasteiger charge is 2.49. The number of pyridine rings is 1. The summed E-state index contributed by atoms with van der Waals surface area (Å²) < 4.78 is 63.1. The number of alkyl halides is 3. The van der Waals surface area contributed by atoms with Crippen LogP contribution in [0.1, 0.15) is 17.5 Å². The molecule has 2 aromatic rings. The lowest BCUT2D eigenvalue weighted by atomic mass is 9.99. The summed E-state index contributed by atoms with van der Waals surface area (Å²) >= 11 is 0. The Morgan fingerprint density at radius 1 is 1.12 bits per heavy atom. The van der Waals surface area contributed by atoms with Crippen LogP contribution in [0, 0.1) is 6.92 Å². The van der Waals surface area contributed by atoms with Crippen molar-refractivity contribution in [3.05, 3.63) is 53.9 Å². The van der Waals surface area contributed by atoms with Crippen LogP contribution in [0.3, 0.4) is 0 Å². The smallest absolute Gasteiger partial charge is 0.376 e. The standard InChI is InChI=1S/C11H10F3NO4S.C5H5N/c1-6-2-4-8(19-20(17,18)11(12,13)14)7-3-5-9(16)15-10(6)7;1-2-4-6-5-3-1/h2,4H,3,5H2,1H3,(H,15,16);1-5H. The van der Waals surface area contributed by atoms with E-state index in [9.17, 15) is 26.4 Å². The third-order valence-electron chi connectivity index (χ3n) is 3.39. The Labute approximate surface area is 148 Å². The van der Waals surface area contributed by atoms with Gasteiger partial charge in [0.05, 0.1) is 5.69 Å². The number of nitrogens with zero attached hydrogens (tertiary/aromatic N) is 1. The number of benzene rings is 1. The van der Waals surface area contributed by atoms with Crippen molar-refractivity contribution in [1.82, 2.24) is 4.98 Å². The molecular formula is C16H15F3N2O4S. The molecule has 0 spiro atoms. The van der Waals surface area contributed by atoms with Crippen molar-refractivity contribution >= 4 is 21.7 Å². The van der Waals surface area contributed by atoms with E-state index in [4.69, 9.17) is 0 Å². The van der Waals surface area contributed by atoms with Crippen LogP contribution in [-0.2, 0) is 21.3 Å². The average Bonchev–Trinajstić information content (AvgIpc) is 2.58. The zero-order chi connectivity index (χ0) is 19.4. The van der Waals surface area contributed by atoms with Gasteiger partial charge in [0.25, 0.3) is 0 Å². The molecule has 0 radical (unpaired) electrons. The summed E-state index contributed by atoms with van der Waals surface area (Å²) in [4.78, 5) is 15.1. The fourth-order valence-corrected chi connectivity index (χ4v) is 2.65. The van der Waals surface area contributed by atoms with Crippen molar-refractivity contribution in [2.45, 2.75) is 25.3 Å². The molecule has 2 heterocycles. The minimum absolute atomic E-state index is 0.0544. The first-order valence-electron chi connectivity index (χ1n) is 7.40. The Bertz CT molecular complexity index is 858. The molecule has 0 saturated carbocycles. The average molecular weight is 388 g/mol. The largest absolute Gasteiger partial charge is 0.534 e. The number of carbonyl (C=O) groups excluding carboxylic acids is 1. The summed E-state index contributed by atoms with van der Waals surface area (Å²) in [5.41, 5.74) is -4.33. The normalized spacial score (nSPS) is 13.8. The topological polar surface area (TPSA) is 85.4 Å². The monoisotopic (exact) mass is 388 g/mol. The summed E-state index contributed by atoms with van der Waals surface area (Å²) in [5.74, 6) is -0.695. The molecule has 6 nitrogen and oxygen atoms in total. The van der Waals surface area contributed by atoms with Crippen LogP contribution in [0.2, 0.25) is 0 Å². The summed E-state index contributed by atoms with van der Waals surface area (Å²) in [6, 6.07) is 8.24. The Hall–Kier alpha value is -2.62. The predicted molar refractivity (Wildman–Crippen MR) is 88.0 cm³/mol. The molecule has 1 aromatic carbocycles. The lowest BCUT2D eigenvalue weighted by Crippen LogP contribution is -2.29. The Balaban J connectivity index is 0.000000342. The third-order valence-corrected chi connectivity index (χ3v) is 4.36. The highest BCUT2D eigenvalue weighted by molar-refractivity contribution is 7.88. The maximum absolute atomic E-state index is 12.3. The number of halogens is 3. The number of nitrogens with one attached hydrogen (secondary N) is 1. The Morgan fingerprint density at radius 2 is 1.77 bits per heavy atom. The SMILES string of the molecule is Cc1ccc(OS(=O)(=O)C(F)(F)F)c2c1NC(=O)CC2.c1ccncc1. The first kappa shape index (κ1) is 19.7. The van der Waals surface area contributed by atoms with Gasteiger partial charge in [0.2, 0.25) is 5.91 Å². The molecule has 3 rings (SSSR count). The van der Waals surface area contributed by atoms with E-state index in [1.807, 2.05) is 18.2 Å². The van der Waals surface area contributed by atoms with Gasteiger partial charge in [-0.25, -0.2) is 0 Å². The number of anilines is 1. The van der Waals surface area contributed by atoms with Gasteiger partial charge in [-0.15, -0.1) is 0 Å². The molecule has 0 aliphatic carbocycles. The first-order valence-corrected chi connectivity index (χ1v) is 8.81. The van der Waals surface area contributed by atoms with Gasteiger partial charge < -0.3 is 9.50 Å². The van der Waals surface area contributed by atoms with Crippen molar-refractivity contribution in [3.8, 4) is 5.75 Å². The second-order valence-electron chi connectivity index (χ2n) is 5.29. The number of hydrogen-bond donors (Lipinski definition) is 1. The van der Waals surface area contributed by atoms with Crippen LogP contribution in [0.4, 0.5) is 18.9 Å². The quantitative estimate of drug-likeness (QED) is 0.631. The predicted octanol–water partition coefficient (Wildman–Crippen LogP) is 3.19. The minimum atomic E-state index is -5.72. The van der Waals surface area contributed by atoms with Crippen LogP contribution < -0.4 is 9.50 Å². The lowest BCUT2D eigenvalue weighted by molar-refractivity contribution is -0.116. The van der Waals surface area contributed by atoms with Gasteiger partial charge in [-0.2, -0.15) is 21.6 Å². The van der Waals surface area contributed by atoms with Crippen LogP contribution in [0.5, 0.6) is 5.75 Å². The third kappa shape index (κ3) is 4.72. The molecule has 0 saturated heterocycles. The summed E-state index contributed by atoms with van der Waals surface area (Å²) in [5, 5.41) is 2.50. The van der Waals surface area contributed by atoms with Gasteiger partial charge in [-0.3, -0.25) is 9.78 Å². The van der Waals surface area contributed by atoms with Crippen molar-refractivity contribution < 1.29 is 30.6 Å². The zero-order valence-electron chi connectivity index (χ0n) is 13.6. The maximum Gasteiger partial charge on any atom is 0.534 e. The number of amides is 1. The van der Waals surface area contributed by atoms with E-state index in [-0.39, 0.29) is 24.3 Å². The van der Waals surface area contributed by atoms with Crippen LogP contribution >= 0.6 is 0 Å². The number of fused-ring (bicyclic) bond motifs is 1. The Kier molecular flexibility index (Phi) is 5.86. The van der Waals surface area contributed by atoms with Gasteiger partial charge in [0.1, 0.15) is 5.75 Å². The zero-order valence-corrected chi connectivity index (χ0v) is 14.4. The van der Waals surface area contributed by atoms with Crippen LogP contribution in [-0.4, -0.2) is 24.8 Å².